The van der Waals surface area contributed by atoms with E-state index in [0.29, 0.717) is 19.4 Å². The Morgan fingerprint density at radius 3 is 2.35 bits per heavy atom. The first kappa shape index (κ1) is 19.8. The van der Waals surface area contributed by atoms with E-state index in [1.807, 2.05) is 30.3 Å². The summed E-state index contributed by atoms with van der Waals surface area (Å²) >= 11 is 0. The van der Waals surface area contributed by atoms with Crippen LogP contribution in [0.25, 0.3) is 10.8 Å². The predicted octanol–water partition coefficient (Wildman–Crippen LogP) is 4.05. The molecule has 0 aliphatic rings. The second-order valence-corrected chi connectivity index (χ2v) is 6.01. The van der Waals surface area contributed by atoms with Crippen molar-refractivity contribution in [2.45, 2.75) is 33.6 Å². The molecule has 5 heteroatoms. The lowest BCUT2D eigenvalue weighted by molar-refractivity contribution is -0.162. The predicted molar refractivity (Wildman–Crippen MR) is 100 cm³/mol. The molecule has 0 atom stereocenters. The van der Waals surface area contributed by atoms with Gasteiger partial charge in [-0.25, -0.2) is 0 Å². The van der Waals surface area contributed by atoms with Crippen LogP contribution in [0.4, 0.5) is 0 Å². The maximum Gasteiger partial charge on any atom is 0.320 e. The average Bonchev–Trinajstić information content (AvgIpc) is 2.62. The Labute approximate surface area is 154 Å². The molecule has 0 aromatic heterocycles. The summed E-state index contributed by atoms with van der Waals surface area (Å²) in [6.45, 7) is 6.39. The first-order valence-corrected chi connectivity index (χ1v) is 9.02. The Balaban J connectivity index is 1.91. The molecule has 0 aliphatic heterocycles. The molecule has 2 aromatic rings. The van der Waals surface area contributed by atoms with Gasteiger partial charge in [0, 0.05) is 0 Å². The van der Waals surface area contributed by atoms with Crippen molar-refractivity contribution in [2.75, 3.05) is 19.8 Å². The van der Waals surface area contributed by atoms with E-state index < -0.39 is 17.9 Å². The molecule has 0 N–H and O–H groups in total. The van der Waals surface area contributed by atoms with Gasteiger partial charge in [-0.15, -0.1) is 0 Å². The number of hydrogen-bond acceptors (Lipinski definition) is 5. The van der Waals surface area contributed by atoms with Crippen LogP contribution in [0.2, 0.25) is 0 Å². The van der Waals surface area contributed by atoms with Gasteiger partial charge >= 0.3 is 11.9 Å². The fourth-order valence-corrected chi connectivity index (χ4v) is 2.81. The number of esters is 2. The molecular weight excluding hydrogens is 332 g/mol. The quantitative estimate of drug-likeness (QED) is 0.384. The number of benzene rings is 2. The summed E-state index contributed by atoms with van der Waals surface area (Å²) in [7, 11) is 0. The molecule has 0 amide bonds. The minimum Gasteiger partial charge on any atom is -0.494 e. The molecule has 0 radical (unpaired) electrons. The maximum absolute atomic E-state index is 11.9. The molecule has 26 heavy (non-hydrogen) atoms. The molecule has 0 unspecified atom stereocenters. The molecule has 0 heterocycles. The summed E-state index contributed by atoms with van der Waals surface area (Å²) in [5.41, 5.74) is 1.22. The normalized spacial score (nSPS) is 10.8. The molecule has 0 fully saturated rings. The van der Waals surface area contributed by atoms with E-state index in [-0.39, 0.29) is 13.2 Å². The fourth-order valence-electron chi connectivity index (χ4n) is 2.81. The van der Waals surface area contributed by atoms with Crippen LogP contribution >= 0.6 is 0 Å². The Hall–Kier alpha value is -2.56. The van der Waals surface area contributed by atoms with Gasteiger partial charge in [-0.3, -0.25) is 9.59 Å². The standard InChI is InChI=1S/C21H26O5/c1-4-24-20(22)19(21(23)25-5-2)10-7-13-26-17-11-12-18-15(3)8-6-9-16(18)14-17/h6,8-9,11-12,14,19H,4-5,7,10,13H2,1-3H3. The van der Waals surface area contributed by atoms with Crippen LogP contribution in [0.15, 0.2) is 36.4 Å². The summed E-state index contributed by atoms with van der Waals surface area (Å²) in [6.07, 6.45) is 0.887. The highest BCUT2D eigenvalue weighted by Gasteiger charge is 2.28. The molecule has 0 spiro atoms. The Morgan fingerprint density at radius 1 is 1.00 bits per heavy atom. The Kier molecular flexibility index (Phi) is 7.45. The molecule has 5 nitrogen and oxygen atoms in total. The number of hydrogen-bond donors (Lipinski definition) is 0. The van der Waals surface area contributed by atoms with E-state index in [1.165, 1.54) is 10.9 Å². The van der Waals surface area contributed by atoms with E-state index in [0.717, 1.165) is 11.1 Å². The largest absolute Gasteiger partial charge is 0.494 e. The highest BCUT2D eigenvalue weighted by molar-refractivity contribution is 5.94. The van der Waals surface area contributed by atoms with Crippen molar-refractivity contribution in [2.24, 2.45) is 5.92 Å². The van der Waals surface area contributed by atoms with Crippen LogP contribution in [0.3, 0.4) is 0 Å². The second-order valence-electron chi connectivity index (χ2n) is 6.01. The number of rotatable bonds is 9. The summed E-state index contributed by atoms with van der Waals surface area (Å²) in [5, 5.41) is 2.32. The van der Waals surface area contributed by atoms with Crippen LogP contribution in [0, 0.1) is 12.8 Å². The number of fused-ring (bicyclic) bond motifs is 1. The highest BCUT2D eigenvalue weighted by Crippen LogP contribution is 2.23. The zero-order chi connectivity index (χ0) is 18.9. The average molecular weight is 358 g/mol. The van der Waals surface area contributed by atoms with E-state index >= 15 is 0 Å². The monoisotopic (exact) mass is 358 g/mol. The van der Waals surface area contributed by atoms with Crippen molar-refractivity contribution in [3.63, 3.8) is 0 Å². The van der Waals surface area contributed by atoms with Crippen molar-refractivity contribution in [1.29, 1.82) is 0 Å². The fraction of sp³-hybridized carbons (Fsp3) is 0.429. The number of carbonyl (C=O) groups excluding carboxylic acids is 2. The Bertz CT molecular complexity index is 735. The van der Waals surface area contributed by atoms with Crippen LogP contribution in [-0.4, -0.2) is 31.8 Å². The first-order valence-electron chi connectivity index (χ1n) is 9.02. The van der Waals surface area contributed by atoms with Crippen molar-refractivity contribution >= 4 is 22.7 Å². The molecule has 2 aromatic carbocycles. The van der Waals surface area contributed by atoms with Crippen LogP contribution < -0.4 is 4.74 Å². The third-order valence-corrected chi connectivity index (χ3v) is 4.12. The maximum atomic E-state index is 11.9. The van der Waals surface area contributed by atoms with Gasteiger partial charge in [0.25, 0.3) is 0 Å². The minimum absolute atomic E-state index is 0.238. The van der Waals surface area contributed by atoms with Crippen molar-refractivity contribution in [3.8, 4) is 5.75 Å². The second kappa shape index (κ2) is 9.80. The third-order valence-electron chi connectivity index (χ3n) is 4.12. The van der Waals surface area contributed by atoms with Gasteiger partial charge in [-0.2, -0.15) is 0 Å². The topological polar surface area (TPSA) is 61.8 Å². The first-order chi connectivity index (χ1) is 12.6. The lowest BCUT2D eigenvalue weighted by atomic mass is 10.0. The van der Waals surface area contributed by atoms with Crippen LogP contribution in [0.5, 0.6) is 5.75 Å². The van der Waals surface area contributed by atoms with E-state index in [4.69, 9.17) is 14.2 Å². The lowest BCUT2D eigenvalue weighted by Crippen LogP contribution is -2.28. The summed E-state index contributed by atoms with van der Waals surface area (Å²) < 4.78 is 15.7. The van der Waals surface area contributed by atoms with E-state index in [1.54, 1.807) is 13.8 Å². The minimum atomic E-state index is -0.891. The highest BCUT2D eigenvalue weighted by atomic mass is 16.6. The molecule has 0 saturated carbocycles. The van der Waals surface area contributed by atoms with Gasteiger partial charge in [-0.05, 0) is 62.1 Å². The van der Waals surface area contributed by atoms with Crippen LogP contribution in [0.1, 0.15) is 32.3 Å². The van der Waals surface area contributed by atoms with Crippen LogP contribution in [-0.2, 0) is 19.1 Å². The SMILES string of the molecule is CCOC(=O)C(CCCOc1ccc2c(C)cccc2c1)C(=O)OCC. The molecule has 140 valence electrons. The van der Waals surface area contributed by atoms with Gasteiger partial charge in [0.15, 0.2) is 5.92 Å². The zero-order valence-electron chi connectivity index (χ0n) is 15.6. The van der Waals surface area contributed by atoms with Crippen molar-refractivity contribution in [3.05, 3.63) is 42.0 Å². The Morgan fingerprint density at radius 2 is 1.69 bits per heavy atom. The number of aryl methyl sites for hydroxylation is 1. The molecule has 0 aliphatic carbocycles. The van der Waals surface area contributed by atoms with Gasteiger partial charge in [0.1, 0.15) is 5.75 Å². The van der Waals surface area contributed by atoms with Gasteiger partial charge < -0.3 is 14.2 Å². The lowest BCUT2D eigenvalue weighted by Gasteiger charge is -2.14. The molecular formula is C21H26O5. The van der Waals surface area contributed by atoms with E-state index in [2.05, 4.69) is 13.0 Å². The summed E-state index contributed by atoms with van der Waals surface area (Å²) in [5.74, 6) is -1.19. The number of carbonyl (C=O) groups is 2. The molecule has 2 rings (SSSR count). The summed E-state index contributed by atoms with van der Waals surface area (Å²) in [6, 6.07) is 12.1. The smallest absolute Gasteiger partial charge is 0.320 e. The number of ether oxygens (including phenoxy) is 3. The van der Waals surface area contributed by atoms with E-state index in [9.17, 15) is 9.59 Å². The van der Waals surface area contributed by atoms with Gasteiger partial charge in [-0.1, -0.05) is 24.3 Å². The molecule has 0 saturated heterocycles. The van der Waals surface area contributed by atoms with Gasteiger partial charge in [0.05, 0.1) is 19.8 Å². The molecule has 0 bridgehead atoms. The summed E-state index contributed by atoms with van der Waals surface area (Å²) in [4.78, 5) is 23.9. The van der Waals surface area contributed by atoms with Gasteiger partial charge in [0.2, 0.25) is 0 Å². The van der Waals surface area contributed by atoms with Crippen molar-refractivity contribution < 1.29 is 23.8 Å². The zero-order valence-corrected chi connectivity index (χ0v) is 15.6. The third kappa shape index (κ3) is 5.22. The van der Waals surface area contributed by atoms with Crippen molar-refractivity contribution in [1.82, 2.24) is 0 Å².